The number of rotatable bonds is 4. The molecule has 0 bridgehead atoms. The minimum atomic E-state index is -1.59. The Morgan fingerprint density at radius 3 is 2.50 bits per heavy atom. The first kappa shape index (κ1) is 16.9. The average Bonchev–Trinajstić information content (AvgIpc) is 2.49. The Morgan fingerprint density at radius 2 is 1.95 bits per heavy atom. The van der Waals surface area contributed by atoms with Crippen LogP contribution in [0.1, 0.15) is 0 Å². The van der Waals surface area contributed by atoms with Gasteiger partial charge in [-0.3, -0.25) is 10.1 Å². The van der Waals surface area contributed by atoms with Gasteiger partial charge in [-0.2, -0.15) is 0 Å². The SMILES string of the molecule is O=[N+]([O-])c1ccc(O[C@H]2O[C@H](CO)[C@H](O)[C@H](O)[C@H]2O)c(Cl)c1. The number of halogens is 1. The van der Waals surface area contributed by atoms with E-state index in [9.17, 15) is 25.4 Å². The van der Waals surface area contributed by atoms with Crippen molar-refractivity contribution in [1.29, 1.82) is 0 Å². The van der Waals surface area contributed by atoms with Gasteiger partial charge in [-0.05, 0) is 6.07 Å². The Labute approximate surface area is 129 Å². The average molecular weight is 336 g/mol. The van der Waals surface area contributed by atoms with Crippen LogP contribution >= 0.6 is 11.6 Å². The summed E-state index contributed by atoms with van der Waals surface area (Å²) in [4.78, 5) is 9.98. The van der Waals surface area contributed by atoms with E-state index in [0.29, 0.717) is 0 Å². The van der Waals surface area contributed by atoms with Gasteiger partial charge in [-0.15, -0.1) is 0 Å². The maximum absolute atomic E-state index is 10.6. The molecule has 0 aromatic heterocycles. The number of benzene rings is 1. The van der Waals surface area contributed by atoms with Gasteiger partial charge < -0.3 is 29.9 Å². The normalized spacial score (nSPS) is 31.8. The Balaban J connectivity index is 2.17. The third-order valence-corrected chi connectivity index (χ3v) is 3.51. The molecule has 1 fully saturated rings. The molecule has 1 aromatic carbocycles. The van der Waals surface area contributed by atoms with E-state index in [1.54, 1.807) is 0 Å². The van der Waals surface area contributed by atoms with E-state index in [-0.39, 0.29) is 16.5 Å². The minimum Gasteiger partial charge on any atom is -0.460 e. The van der Waals surface area contributed by atoms with Gasteiger partial charge in [0.15, 0.2) is 0 Å². The molecule has 0 aliphatic carbocycles. The lowest BCUT2D eigenvalue weighted by Crippen LogP contribution is -2.60. The molecule has 1 heterocycles. The first-order valence-electron chi connectivity index (χ1n) is 6.26. The lowest BCUT2D eigenvalue weighted by atomic mass is 9.99. The zero-order valence-electron chi connectivity index (χ0n) is 11.1. The van der Waals surface area contributed by atoms with Crippen LogP contribution in [0, 0.1) is 10.1 Å². The number of nitrogens with zero attached hydrogens (tertiary/aromatic N) is 1. The highest BCUT2D eigenvalue weighted by Crippen LogP contribution is 2.31. The van der Waals surface area contributed by atoms with Crippen molar-refractivity contribution in [2.75, 3.05) is 6.61 Å². The van der Waals surface area contributed by atoms with Crippen LogP contribution in [0.5, 0.6) is 5.75 Å². The van der Waals surface area contributed by atoms with Crippen molar-refractivity contribution in [3.63, 3.8) is 0 Å². The van der Waals surface area contributed by atoms with Crippen LogP contribution in [-0.4, -0.2) is 62.7 Å². The molecule has 0 amide bonds. The molecular formula is C12H14ClNO8. The van der Waals surface area contributed by atoms with Gasteiger partial charge in [-0.1, -0.05) is 11.6 Å². The van der Waals surface area contributed by atoms with Crippen molar-refractivity contribution < 1.29 is 34.8 Å². The summed E-state index contributed by atoms with van der Waals surface area (Å²) in [7, 11) is 0. The van der Waals surface area contributed by atoms with Crippen molar-refractivity contribution in [2.45, 2.75) is 30.7 Å². The number of non-ortho nitro benzene ring substituents is 1. The van der Waals surface area contributed by atoms with Crippen molar-refractivity contribution in [3.05, 3.63) is 33.3 Å². The smallest absolute Gasteiger partial charge is 0.271 e. The number of aliphatic hydroxyl groups excluding tert-OH is 4. The van der Waals surface area contributed by atoms with Crippen molar-refractivity contribution in [2.24, 2.45) is 0 Å². The van der Waals surface area contributed by atoms with Gasteiger partial charge in [0.05, 0.1) is 16.6 Å². The van der Waals surface area contributed by atoms with E-state index in [2.05, 4.69) is 0 Å². The highest BCUT2D eigenvalue weighted by atomic mass is 35.5. The number of ether oxygens (including phenoxy) is 2. The molecule has 1 saturated heterocycles. The molecule has 122 valence electrons. The second-order valence-electron chi connectivity index (χ2n) is 4.69. The molecule has 0 saturated carbocycles. The summed E-state index contributed by atoms with van der Waals surface area (Å²) in [6.07, 6.45) is -7.22. The summed E-state index contributed by atoms with van der Waals surface area (Å²) < 4.78 is 10.4. The zero-order chi connectivity index (χ0) is 16.4. The largest absolute Gasteiger partial charge is 0.460 e. The molecular weight excluding hydrogens is 322 g/mol. The molecule has 4 N–H and O–H groups in total. The van der Waals surface area contributed by atoms with Crippen LogP contribution in [-0.2, 0) is 4.74 Å². The van der Waals surface area contributed by atoms with Gasteiger partial charge in [0.25, 0.3) is 5.69 Å². The first-order valence-corrected chi connectivity index (χ1v) is 6.64. The van der Waals surface area contributed by atoms with Crippen LogP contribution < -0.4 is 4.74 Å². The van der Waals surface area contributed by atoms with Crippen molar-refractivity contribution in [3.8, 4) is 5.75 Å². The molecule has 0 radical (unpaired) electrons. The standard InChI is InChI=1S/C12H14ClNO8/c13-6-3-5(14(19)20)1-2-7(6)21-12-11(18)10(17)9(16)8(4-15)22-12/h1-3,8-12,15-18H,4H2/t8-,9+,10+,11-,12+/m1/s1. The molecule has 1 aromatic rings. The second-order valence-corrected chi connectivity index (χ2v) is 5.09. The highest BCUT2D eigenvalue weighted by molar-refractivity contribution is 6.32. The quantitative estimate of drug-likeness (QED) is 0.423. The third-order valence-electron chi connectivity index (χ3n) is 3.22. The number of nitro groups is 1. The van der Waals surface area contributed by atoms with Crippen LogP contribution in [0.3, 0.4) is 0 Å². The summed E-state index contributed by atoms with van der Waals surface area (Å²) >= 11 is 5.85. The van der Waals surface area contributed by atoms with Gasteiger partial charge in [-0.25, -0.2) is 0 Å². The lowest BCUT2D eigenvalue weighted by Gasteiger charge is -2.39. The summed E-state index contributed by atoms with van der Waals surface area (Å²) in [6, 6.07) is 3.41. The van der Waals surface area contributed by atoms with Crippen LogP contribution in [0.15, 0.2) is 18.2 Å². The Kier molecular flexibility index (Phi) is 5.16. The van der Waals surface area contributed by atoms with Crippen molar-refractivity contribution in [1.82, 2.24) is 0 Å². The fourth-order valence-corrected chi connectivity index (χ4v) is 2.21. The molecule has 9 nitrogen and oxygen atoms in total. The predicted octanol–water partition coefficient (Wildman–Crippen LogP) is -0.573. The van der Waals surface area contributed by atoms with E-state index >= 15 is 0 Å². The van der Waals surface area contributed by atoms with E-state index in [1.807, 2.05) is 0 Å². The van der Waals surface area contributed by atoms with E-state index in [0.717, 1.165) is 12.1 Å². The number of hydrogen-bond acceptors (Lipinski definition) is 8. The van der Waals surface area contributed by atoms with Gasteiger partial charge in [0, 0.05) is 12.1 Å². The second kappa shape index (κ2) is 6.73. The van der Waals surface area contributed by atoms with Crippen LogP contribution in [0.25, 0.3) is 0 Å². The molecule has 1 aliphatic rings. The first-order chi connectivity index (χ1) is 10.3. The van der Waals surface area contributed by atoms with Gasteiger partial charge in [0.1, 0.15) is 30.2 Å². The van der Waals surface area contributed by atoms with Crippen molar-refractivity contribution >= 4 is 17.3 Å². The van der Waals surface area contributed by atoms with E-state index in [1.165, 1.54) is 6.07 Å². The monoisotopic (exact) mass is 335 g/mol. The fraction of sp³-hybridized carbons (Fsp3) is 0.500. The number of nitro benzene ring substituents is 1. The molecule has 1 aliphatic heterocycles. The van der Waals surface area contributed by atoms with Crippen LogP contribution in [0.2, 0.25) is 5.02 Å². The molecule has 5 atom stereocenters. The van der Waals surface area contributed by atoms with Gasteiger partial charge in [0.2, 0.25) is 6.29 Å². The summed E-state index contributed by atoms with van der Waals surface area (Å²) in [5, 5.41) is 48.7. The topological polar surface area (TPSA) is 143 Å². The van der Waals surface area contributed by atoms with E-state index in [4.69, 9.17) is 26.2 Å². The third kappa shape index (κ3) is 3.29. The maximum atomic E-state index is 10.6. The Morgan fingerprint density at radius 1 is 1.27 bits per heavy atom. The van der Waals surface area contributed by atoms with Gasteiger partial charge >= 0.3 is 0 Å². The number of hydrogen-bond donors (Lipinski definition) is 4. The fourth-order valence-electron chi connectivity index (χ4n) is 1.99. The summed E-state index contributed by atoms with van der Waals surface area (Å²) in [6.45, 7) is -0.598. The maximum Gasteiger partial charge on any atom is 0.271 e. The molecule has 0 unspecified atom stereocenters. The van der Waals surface area contributed by atoms with Crippen LogP contribution in [0.4, 0.5) is 5.69 Å². The minimum absolute atomic E-state index is 0.0170. The van der Waals surface area contributed by atoms with E-state index < -0.39 is 42.2 Å². The highest BCUT2D eigenvalue weighted by Gasteiger charge is 2.44. The predicted molar refractivity (Wildman–Crippen MR) is 72.5 cm³/mol. The lowest BCUT2D eigenvalue weighted by molar-refractivity contribution is -0.384. The zero-order valence-corrected chi connectivity index (χ0v) is 11.8. The number of aliphatic hydroxyl groups is 4. The summed E-state index contributed by atoms with van der Waals surface area (Å²) in [5.74, 6) is -0.0170. The molecule has 0 spiro atoms. The molecule has 10 heteroatoms. The summed E-state index contributed by atoms with van der Waals surface area (Å²) in [5.41, 5.74) is -0.244. The molecule has 2 rings (SSSR count). The molecule has 22 heavy (non-hydrogen) atoms. The Bertz CT molecular complexity index is 554. The Hall–Kier alpha value is -1.49.